The van der Waals surface area contributed by atoms with Crippen molar-refractivity contribution in [2.75, 3.05) is 13.2 Å². The zero-order chi connectivity index (χ0) is 10.1. The van der Waals surface area contributed by atoms with Crippen LogP contribution in [0, 0.1) is 0 Å². The average molecular weight is 185 g/mol. The number of ether oxygens (including phenoxy) is 1. The first-order valence-corrected chi connectivity index (χ1v) is 4.19. The molecule has 0 heterocycles. The van der Waals surface area contributed by atoms with E-state index in [1.54, 1.807) is 12.2 Å². The maximum Gasteiger partial charge on any atom is 0.306 e. The minimum absolute atomic E-state index is 0.0118. The molecule has 0 aromatic rings. The van der Waals surface area contributed by atoms with Crippen LogP contribution in [0.1, 0.15) is 19.8 Å². The van der Waals surface area contributed by atoms with E-state index in [9.17, 15) is 9.59 Å². The van der Waals surface area contributed by atoms with Crippen molar-refractivity contribution < 1.29 is 14.3 Å². The second-order valence-corrected chi connectivity index (χ2v) is 2.49. The summed E-state index contributed by atoms with van der Waals surface area (Å²) in [5.41, 5.74) is 5.07. The SMILES string of the molecule is CC=CCOC(=O)CCC(=O)CN. The monoisotopic (exact) mass is 185 g/mol. The molecule has 0 aliphatic heterocycles. The highest BCUT2D eigenvalue weighted by molar-refractivity contribution is 5.84. The zero-order valence-corrected chi connectivity index (χ0v) is 7.79. The molecule has 0 fully saturated rings. The zero-order valence-electron chi connectivity index (χ0n) is 7.79. The molecule has 2 N–H and O–H groups in total. The van der Waals surface area contributed by atoms with Gasteiger partial charge in [-0.2, -0.15) is 0 Å². The van der Waals surface area contributed by atoms with E-state index in [0.717, 1.165) is 0 Å². The van der Waals surface area contributed by atoms with Gasteiger partial charge in [0.15, 0.2) is 0 Å². The van der Waals surface area contributed by atoms with Crippen LogP contribution in [0.25, 0.3) is 0 Å². The summed E-state index contributed by atoms with van der Waals surface area (Å²) >= 11 is 0. The molecule has 13 heavy (non-hydrogen) atoms. The predicted octanol–water partition coefficient (Wildman–Crippen LogP) is 0.414. The van der Waals surface area contributed by atoms with Crippen molar-refractivity contribution in [3.05, 3.63) is 12.2 Å². The Morgan fingerprint density at radius 2 is 2.08 bits per heavy atom. The maximum atomic E-state index is 10.9. The molecule has 4 nitrogen and oxygen atoms in total. The molecule has 0 saturated heterocycles. The molecule has 0 saturated carbocycles. The third kappa shape index (κ3) is 7.21. The first-order chi connectivity index (χ1) is 6.20. The predicted molar refractivity (Wildman–Crippen MR) is 49.1 cm³/mol. The van der Waals surface area contributed by atoms with Gasteiger partial charge >= 0.3 is 5.97 Å². The van der Waals surface area contributed by atoms with Gasteiger partial charge in [0, 0.05) is 6.42 Å². The van der Waals surface area contributed by atoms with Crippen molar-refractivity contribution in [3.63, 3.8) is 0 Å². The summed E-state index contributed by atoms with van der Waals surface area (Å²) in [6.45, 7) is 2.10. The van der Waals surface area contributed by atoms with E-state index in [1.165, 1.54) is 0 Å². The van der Waals surface area contributed by atoms with Crippen LogP contribution in [-0.2, 0) is 14.3 Å². The molecule has 0 bridgehead atoms. The fourth-order valence-electron chi connectivity index (χ4n) is 0.653. The first-order valence-electron chi connectivity index (χ1n) is 4.19. The standard InChI is InChI=1S/C9H15NO3/c1-2-3-6-13-9(12)5-4-8(11)7-10/h2-3H,4-7,10H2,1H3. The fraction of sp³-hybridized carbons (Fsp3) is 0.556. The molecule has 74 valence electrons. The molecule has 0 aliphatic carbocycles. The molecule has 0 aromatic heterocycles. The fourth-order valence-corrected chi connectivity index (χ4v) is 0.653. The second kappa shape index (κ2) is 7.49. The van der Waals surface area contributed by atoms with E-state index in [0.29, 0.717) is 0 Å². The normalized spacial score (nSPS) is 10.3. The van der Waals surface area contributed by atoms with Crippen molar-refractivity contribution >= 4 is 11.8 Å². The first kappa shape index (κ1) is 11.8. The number of nitrogens with two attached hydrogens (primary N) is 1. The Balaban J connectivity index is 3.46. The summed E-state index contributed by atoms with van der Waals surface area (Å²) in [7, 11) is 0. The van der Waals surface area contributed by atoms with Crippen LogP contribution in [-0.4, -0.2) is 24.9 Å². The van der Waals surface area contributed by atoms with Crippen molar-refractivity contribution in [1.82, 2.24) is 0 Å². The number of hydrogen-bond donors (Lipinski definition) is 1. The molecule has 0 aromatic carbocycles. The van der Waals surface area contributed by atoms with Crippen LogP contribution in [0.3, 0.4) is 0 Å². The Morgan fingerprint density at radius 1 is 1.38 bits per heavy atom. The van der Waals surface area contributed by atoms with Crippen LogP contribution in [0.2, 0.25) is 0 Å². The quantitative estimate of drug-likeness (QED) is 0.480. The Hall–Kier alpha value is -1.16. The lowest BCUT2D eigenvalue weighted by molar-refractivity contribution is -0.143. The molecular weight excluding hydrogens is 170 g/mol. The molecule has 0 aliphatic rings. The Bertz CT molecular complexity index is 199. The highest BCUT2D eigenvalue weighted by Crippen LogP contribution is 1.93. The lowest BCUT2D eigenvalue weighted by atomic mass is 10.2. The molecule has 0 spiro atoms. The number of hydrogen-bond acceptors (Lipinski definition) is 4. The van der Waals surface area contributed by atoms with Gasteiger partial charge in [0.05, 0.1) is 13.0 Å². The molecule has 0 unspecified atom stereocenters. The summed E-state index contributed by atoms with van der Waals surface area (Å²) in [6, 6.07) is 0. The average Bonchev–Trinajstić information content (AvgIpc) is 2.14. The molecular formula is C9H15NO3. The topological polar surface area (TPSA) is 69.4 Å². The number of allylic oxidation sites excluding steroid dienone is 1. The largest absolute Gasteiger partial charge is 0.461 e. The minimum atomic E-state index is -0.361. The minimum Gasteiger partial charge on any atom is -0.461 e. The highest BCUT2D eigenvalue weighted by atomic mass is 16.5. The van der Waals surface area contributed by atoms with E-state index in [4.69, 9.17) is 10.5 Å². The van der Waals surface area contributed by atoms with Crippen LogP contribution in [0.5, 0.6) is 0 Å². The summed E-state index contributed by atoms with van der Waals surface area (Å²) in [4.78, 5) is 21.6. The van der Waals surface area contributed by atoms with Gasteiger partial charge in [-0.25, -0.2) is 0 Å². The van der Waals surface area contributed by atoms with Crippen molar-refractivity contribution in [2.24, 2.45) is 5.73 Å². The van der Waals surface area contributed by atoms with E-state index in [1.807, 2.05) is 6.92 Å². The van der Waals surface area contributed by atoms with Gasteiger partial charge in [0.1, 0.15) is 12.4 Å². The third-order valence-electron chi connectivity index (χ3n) is 1.41. The molecule has 0 rings (SSSR count). The van der Waals surface area contributed by atoms with Crippen LogP contribution < -0.4 is 5.73 Å². The summed E-state index contributed by atoms with van der Waals surface area (Å²) < 4.78 is 4.76. The van der Waals surface area contributed by atoms with Crippen molar-refractivity contribution in [3.8, 4) is 0 Å². The smallest absolute Gasteiger partial charge is 0.306 e. The van der Waals surface area contributed by atoms with Gasteiger partial charge in [-0.3, -0.25) is 9.59 Å². The second-order valence-electron chi connectivity index (χ2n) is 2.49. The molecule has 0 amide bonds. The van der Waals surface area contributed by atoms with Gasteiger partial charge in [-0.1, -0.05) is 12.2 Å². The summed E-state index contributed by atoms with van der Waals surface area (Å²) in [6.07, 6.45) is 3.81. The van der Waals surface area contributed by atoms with E-state index in [2.05, 4.69) is 0 Å². The van der Waals surface area contributed by atoms with Gasteiger partial charge in [-0.15, -0.1) is 0 Å². The molecule has 4 heteroatoms. The Kier molecular flexibility index (Phi) is 6.82. The number of Topliss-reactive ketones (excluding diaryl/α,β-unsaturated/α-hetero) is 1. The van der Waals surface area contributed by atoms with E-state index in [-0.39, 0.29) is 37.7 Å². The maximum absolute atomic E-state index is 10.9. The van der Waals surface area contributed by atoms with Crippen molar-refractivity contribution in [2.45, 2.75) is 19.8 Å². The third-order valence-corrected chi connectivity index (χ3v) is 1.41. The van der Waals surface area contributed by atoms with Gasteiger partial charge < -0.3 is 10.5 Å². The number of ketones is 1. The van der Waals surface area contributed by atoms with Gasteiger partial charge in [0.25, 0.3) is 0 Å². The Morgan fingerprint density at radius 3 is 2.62 bits per heavy atom. The summed E-state index contributed by atoms with van der Waals surface area (Å²) in [5, 5.41) is 0. The van der Waals surface area contributed by atoms with Crippen LogP contribution in [0.15, 0.2) is 12.2 Å². The number of rotatable bonds is 6. The lowest BCUT2D eigenvalue weighted by Crippen LogP contribution is -2.15. The van der Waals surface area contributed by atoms with Gasteiger partial charge in [-0.05, 0) is 6.92 Å². The van der Waals surface area contributed by atoms with Crippen LogP contribution in [0.4, 0.5) is 0 Å². The van der Waals surface area contributed by atoms with E-state index >= 15 is 0 Å². The summed E-state index contributed by atoms with van der Waals surface area (Å²) in [5.74, 6) is -0.483. The highest BCUT2D eigenvalue weighted by Gasteiger charge is 2.05. The van der Waals surface area contributed by atoms with Gasteiger partial charge in [0.2, 0.25) is 0 Å². The van der Waals surface area contributed by atoms with Crippen molar-refractivity contribution in [1.29, 1.82) is 0 Å². The Labute approximate surface area is 77.7 Å². The lowest BCUT2D eigenvalue weighted by Gasteiger charge is -1.99. The van der Waals surface area contributed by atoms with Crippen LogP contribution >= 0.6 is 0 Å². The molecule has 0 radical (unpaired) electrons. The molecule has 0 atom stereocenters. The number of esters is 1. The number of carbonyl (C=O) groups is 2. The number of carbonyl (C=O) groups excluding carboxylic acids is 2. The van der Waals surface area contributed by atoms with E-state index < -0.39 is 0 Å².